The van der Waals surface area contributed by atoms with E-state index in [-0.39, 0.29) is 11.8 Å². The van der Waals surface area contributed by atoms with Crippen LogP contribution in [0.5, 0.6) is 0 Å². The molecule has 1 N–H and O–H groups in total. The van der Waals surface area contributed by atoms with Gasteiger partial charge in [-0.25, -0.2) is 10.4 Å². The summed E-state index contributed by atoms with van der Waals surface area (Å²) in [6.45, 7) is 13.4. The Kier molecular flexibility index (Phi) is 5.78. The largest absolute Gasteiger partial charge is 0.275 e. The van der Waals surface area contributed by atoms with Gasteiger partial charge < -0.3 is 0 Å². The van der Waals surface area contributed by atoms with Gasteiger partial charge >= 0.3 is 0 Å². The average molecular weight is 350 g/mol. The van der Waals surface area contributed by atoms with E-state index in [0.717, 1.165) is 21.7 Å². The van der Waals surface area contributed by atoms with Crippen LogP contribution < -0.4 is 5.43 Å². The summed E-state index contributed by atoms with van der Waals surface area (Å²) >= 11 is 0. The number of allylic oxidation sites excluding steroid dienone is 1. The molecule has 0 aliphatic heterocycles. The summed E-state index contributed by atoms with van der Waals surface area (Å²) in [6.07, 6.45) is 0. The van der Waals surface area contributed by atoms with E-state index in [4.69, 9.17) is 0 Å². The van der Waals surface area contributed by atoms with Gasteiger partial charge in [-0.1, -0.05) is 42.0 Å². The summed E-state index contributed by atoms with van der Waals surface area (Å²) < 4.78 is 0. The molecule has 0 bridgehead atoms. The lowest BCUT2D eigenvalue weighted by atomic mass is 10.1. The first-order valence-corrected chi connectivity index (χ1v) is 8.58. The van der Waals surface area contributed by atoms with Crippen LogP contribution >= 0.6 is 0 Å². The minimum atomic E-state index is -0.452. The van der Waals surface area contributed by atoms with Gasteiger partial charge in [0.2, 0.25) is 0 Å². The highest BCUT2D eigenvalue weighted by atomic mass is 16.2. The van der Waals surface area contributed by atoms with E-state index in [1.165, 1.54) is 0 Å². The van der Waals surface area contributed by atoms with Crippen LogP contribution in [0.4, 0.5) is 0 Å². The minimum Gasteiger partial charge on any atom is -0.267 e. The first-order chi connectivity index (χ1) is 12.1. The van der Waals surface area contributed by atoms with Crippen LogP contribution in [0.2, 0.25) is 0 Å². The second-order valence-electron chi connectivity index (χ2n) is 7.53. The zero-order chi connectivity index (χ0) is 19.5. The standard InChI is InChI=1S/C22H26N2O2/c1-15(2)17-10-12-18(13-11-17)20(25)24(23-22(4,5)6)21(26)19-9-7-8-16(3)14-19/h7-14,23H,1H2,2-6H3. The number of rotatable bonds is 4. The van der Waals surface area contributed by atoms with Gasteiger partial charge in [0.1, 0.15) is 0 Å². The Balaban J connectivity index is 2.38. The maximum Gasteiger partial charge on any atom is 0.275 e. The fourth-order valence-corrected chi connectivity index (χ4v) is 2.46. The van der Waals surface area contributed by atoms with Gasteiger partial charge in [0, 0.05) is 16.7 Å². The van der Waals surface area contributed by atoms with Gasteiger partial charge in [0.25, 0.3) is 11.8 Å². The number of hydrogen-bond acceptors (Lipinski definition) is 3. The average Bonchev–Trinajstić information content (AvgIpc) is 2.58. The lowest BCUT2D eigenvalue weighted by Crippen LogP contribution is -2.54. The number of hydrogen-bond donors (Lipinski definition) is 1. The molecule has 0 spiro atoms. The molecule has 2 aromatic carbocycles. The molecular weight excluding hydrogens is 324 g/mol. The van der Waals surface area contributed by atoms with E-state index >= 15 is 0 Å². The minimum absolute atomic E-state index is 0.377. The molecule has 0 heterocycles. The first kappa shape index (κ1) is 19.6. The van der Waals surface area contributed by atoms with Crippen molar-refractivity contribution in [2.24, 2.45) is 0 Å². The number of nitrogens with zero attached hydrogens (tertiary/aromatic N) is 1. The monoisotopic (exact) mass is 350 g/mol. The third-order valence-electron chi connectivity index (χ3n) is 3.74. The molecule has 0 atom stereocenters. The molecule has 2 rings (SSSR count). The fourth-order valence-electron chi connectivity index (χ4n) is 2.46. The van der Waals surface area contributed by atoms with Crippen LogP contribution in [0.3, 0.4) is 0 Å². The number of carbonyl (C=O) groups excluding carboxylic acids is 2. The molecule has 0 aliphatic carbocycles. The maximum absolute atomic E-state index is 13.0. The van der Waals surface area contributed by atoms with Gasteiger partial charge in [-0.3, -0.25) is 9.59 Å². The number of hydrazine groups is 1. The summed E-state index contributed by atoms with van der Waals surface area (Å²) in [6, 6.07) is 14.3. The quantitative estimate of drug-likeness (QED) is 0.647. The molecule has 2 amide bonds. The van der Waals surface area contributed by atoms with Crippen molar-refractivity contribution in [1.29, 1.82) is 0 Å². The molecule has 4 nitrogen and oxygen atoms in total. The predicted octanol–water partition coefficient (Wildman–Crippen LogP) is 4.61. The number of benzene rings is 2. The SMILES string of the molecule is C=C(C)c1ccc(C(=O)N(NC(C)(C)C)C(=O)c2cccc(C)c2)cc1. The Morgan fingerprint density at radius 1 is 0.923 bits per heavy atom. The third kappa shape index (κ3) is 4.90. The summed E-state index contributed by atoms with van der Waals surface area (Å²) in [5, 5.41) is 1.10. The highest BCUT2D eigenvalue weighted by Gasteiger charge is 2.28. The van der Waals surface area contributed by atoms with Crippen LogP contribution in [0.1, 0.15) is 59.5 Å². The third-order valence-corrected chi connectivity index (χ3v) is 3.74. The Hall–Kier alpha value is -2.72. The summed E-state index contributed by atoms with van der Waals surface area (Å²) in [5.74, 6) is -0.766. The smallest absolute Gasteiger partial charge is 0.267 e. The van der Waals surface area contributed by atoms with E-state index in [9.17, 15) is 9.59 Å². The van der Waals surface area contributed by atoms with E-state index in [1.54, 1.807) is 24.3 Å². The lowest BCUT2D eigenvalue weighted by Gasteiger charge is -2.30. The van der Waals surface area contributed by atoms with Gasteiger partial charge in [-0.05, 0) is 64.4 Å². The number of imide groups is 1. The van der Waals surface area contributed by atoms with Crippen LogP contribution in [0, 0.1) is 6.92 Å². The second-order valence-corrected chi connectivity index (χ2v) is 7.53. The normalized spacial score (nSPS) is 11.1. The van der Waals surface area contributed by atoms with Crippen molar-refractivity contribution in [3.05, 3.63) is 77.4 Å². The van der Waals surface area contributed by atoms with Crippen LogP contribution in [-0.2, 0) is 0 Å². The molecule has 0 fully saturated rings. The predicted molar refractivity (Wildman–Crippen MR) is 106 cm³/mol. The highest BCUT2D eigenvalue weighted by molar-refractivity contribution is 6.10. The number of amides is 2. The molecule has 136 valence electrons. The Bertz CT molecular complexity index is 830. The van der Waals surface area contributed by atoms with Crippen LogP contribution in [-0.4, -0.2) is 22.4 Å². The van der Waals surface area contributed by atoms with E-state index in [1.807, 2.05) is 58.9 Å². The zero-order valence-electron chi connectivity index (χ0n) is 16.1. The molecule has 0 saturated heterocycles. The lowest BCUT2D eigenvalue weighted by molar-refractivity contribution is 0.0452. The van der Waals surface area contributed by atoms with Crippen molar-refractivity contribution in [3.8, 4) is 0 Å². The number of nitrogens with one attached hydrogen (secondary N) is 1. The molecule has 0 aromatic heterocycles. The number of aryl methyl sites for hydroxylation is 1. The molecule has 0 aliphatic rings. The molecule has 0 saturated carbocycles. The number of carbonyl (C=O) groups is 2. The van der Waals surface area contributed by atoms with Gasteiger partial charge in [-0.2, -0.15) is 0 Å². The molecule has 0 unspecified atom stereocenters. The molecule has 2 aromatic rings. The Morgan fingerprint density at radius 3 is 1.96 bits per heavy atom. The van der Waals surface area contributed by atoms with Crippen molar-refractivity contribution >= 4 is 17.4 Å². The van der Waals surface area contributed by atoms with Crippen LogP contribution in [0.25, 0.3) is 5.57 Å². The van der Waals surface area contributed by atoms with Crippen molar-refractivity contribution in [1.82, 2.24) is 10.4 Å². The topological polar surface area (TPSA) is 49.4 Å². The van der Waals surface area contributed by atoms with E-state index in [2.05, 4.69) is 12.0 Å². The maximum atomic E-state index is 13.0. The van der Waals surface area contributed by atoms with Gasteiger partial charge in [0.05, 0.1) is 0 Å². The van der Waals surface area contributed by atoms with Crippen LogP contribution in [0.15, 0.2) is 55.1 Å². The van der Waals surface area contributed by atoms with Gasteiger partial charge in [-0.15, -0.1) is 0 Å². The van der Waals surface area contributed by atoms with Gasteiger partial charge in [0.15, 0.2) is 0 Å². The fraction of sp³-hybridized carbons (Fsp3) is 0.273. The summed E-state index contributed by atoms with van der Waals surface area (Å²) in [4.78, 5) is 26.0. The molecule has 0 radical (unpaired) electrons. The Morgan fingerprint density at radius 2 is 1.46 bits per heavy atom. The zero-order valence-corrected chi connectivity index (χ0v) is 16.1. The molecule has 4 heteroatoms. The second kappa shape index (κ2) is 7.67. The first-order valence-electron chi connectivity index (χ1n) is 8.58. The Labute approximate surface area is 155 Å². The highest BCUT2D eigenvalue weighted by Crippen LogP contribution is 2.16. The van der Waals surface area contributed by atoms with E-state index in [0.29, 0.717) is 11.1 Å². The molecular formula is C22H26N2O2. The van der Waals surface area contributed by atoms with Crippen molar-refractivity contribution in [2.45, 2.75) is 40.2 Å². The summed E-state index contributed by atoms with van der Waals surface area (Å²) in [7, 11) is 0. The van der Waals surface area contributed by atoms with E-state index < -0.39 is 5.54 Å². The molecule has 26 heavy (non-hydrogen) atoms. The summed E-state index contributed by atoms with van der Waals surface area (Å²) in [5.41, 5.74) is 6.32. The van der Waals surface area contributed by atoms with Crippen molar-refractivity contribution < 1.29 is 9.59 Å². The van der Waals surface area contributed by atoms with Crippen molar-refractivity contribution in [3.63, 3.8) is 0 Å². The van der Waals surface area contributed by atoms with Crippen molar-refractivity contribution in [2.75, 3.05) is 0 Å².